The van der Waals surface area contributed by atoms with E-state index in [2.05, 4.69) is 0 Å². The Morgan fingerprint density at radius 1 is 1.18 bits per heavy atom. The van der Waals surface area contributed by atoms with E-state index in [0.29, 0.717) is 23.9 Å². The highest BCUT2D eigenvalue weighted by atomic mass is 35.5. The van der Waals surface area contributed by atoms with E-state index < -0.39 is 10.0 Å². The molecule has 17 heavy (non-hydrogen) atoms. The van der Waals surface area contributed by atoms with Crippen LogP contribution >= 0.6 is 11.6 Å². The molecular formula is C12H18ClNO2S. The van der Waals surface area contributed by atoms with Crippen LogP contribution in [0.1, 0.15) is 25.8 Å². The van der Waals surface area contributed by atoms with E-state index >= 15 is 0 Å². The van der Waals surface area contributed by atoms with Crippen LogP contribution in [0.3, 0.4) is 0 Å². The summed E-state index contributed by atoms with van der Waals surface area (Å²) in [5.41, 5.74) is 0.921. The normalized spacial score (nSPS) is 12.0. The molecule has 0 aliphatic heterocycles. The van der Waals surface area contributed by atoms with Crippen LogP contribution in [-0.2, 0) is 15.9 Å². The fourth-order valence-electron chi connectivity index (χ4n) is 1.60. The van der Waals surface area contributed by atoms with Gasteiger partial charge in [0.1, 0.15) is 0 Å². The van der Waals surface area contributed by atoms with Gasteiger partial charge in [-0.1, -0.05) is 26.0 Å². The Labute approximate surface area is 108 Å². The Hall–Kier alpha value is -0.580. The van der Waals surface area contributed by atoms with Gasteiger partial charge < -0.3 is 0 Å². The van der Waals surface area contributed by atoms with Crippen molar-refractivity contribution >= 4 is 21.6 Å². The second kappa shape index (κ2) is 6.38. The van der Waals surface area contributed by atoms with Gasteiger partial charge in [0.2, 0.25) is 10.0 Å². The predicted molar refractivity (Wildman–Crippen MR) is 70.7 cm³/mol. The predicted octanol–water partition coefficient (Wildman–Crippen LogP) is 2.85. The maximum Gasteiger partial charge on any atom is 0.243 e. The monoisotopic (exact) mass is 275 g/mol. The molecule has 0 amide bonds. The Morgan fingerprint density at radius 3 is 2.18 bits per heavy atom. The van der Waals surface area contributed by atoms with Crippen molar-refractivity contribution in [2.24, 2.45) is 0 Å². The number of hydrogen-bond donors (Lipinski definition) is 0. The van der Waals surface area contributed by atoms with Gasteiger partial charge in [-0.3, -0.25) is 0 Å². The highest BCUT2D eigenvalue weighted by molar-refractivity contribution is 7.89. The van der Waals surface area contributed by atoms with Gasteiger partial charge in [-0.25, -0.2) is 8.42 Å². The van der Waals surface area contributed by atoms with E-state index in [1.165, 1.54) is 4.31 Å². The van der Waals surface area contributed by atoms with Crippen LogP contribution in [0.25, 0.3) is 0 Å². The maximum atomic E-state index is 12.2. The molecule has 0 bridgehead atoms. The van der Waals surface area contributed by atoms with Crippen molar-refractivity contribution in [2.45, 2.75) is 31.0 Å². The van der Waals surface area contributed by atoms with Gasteiger partial charge in [0, 0.05) is 19.0 Å². The first-order valence-corrected chi connectivity index (χ1v) is 7.68. The fourth-order valence-corrected chi connectivity index (χ4v) is 3.32. The van der Waals surface area contributed by atoms with Crippen LogP contribution in [0.2, 0.25) is 0 Å². The molecule has 5 heteroatoms. The Bertz CT molecular complexity index is 442. The molecule has 0 spiro atoms. The van der Waals surface area contributed by atoms with Crippen LogP contribution in [0, 0.1) is 0 Å². The molecule has 0 radical (unpaired) electrons. The van der Waals surface area contributed by atoms with E-state index in [9.17, 15) is 8.42 Å². The molecular weight excluding hydrogens is 258 g/mol. The van der Waals surface area contributed by atoms with Gasteiger partial charge in [-0.2, -0.15) is 4.31 Å². The third-order valence-corrected chi connectivity index (χ3v) is 4.84. The molecule has 96 valence electrons. The summed E-state index contributed by atoms with van der Waals surface area (Å²) in [7, 11) is -3.35. The van der Waals surface area contributed by atoms with Crippen LogP contribution in [0.4, 0.5) is 0 Å². The van der Waals surface area contributed by atoms with Crippen molar-refractivity contribution in [3.63, 3.8) is 0 Å². The standard InChI is InChI=1S/C12H18ClNO2S/c1-3-9-14(4-2)17(15,16)12-7-5-11(10-13)6-8-12/h5-8H,3-4,9-10H2,1-2H3. The summed E-state index contributed by atoms with van der Waals surface area (Å²) < 4.78 is 26.0. The molecule has 1 aromatic rings. The number of hydrogen-bond acceptors (Lipinski definition) is 2. The smallest absolute Gasteiger partial charge is 0.207 e. The number of halogens is 1. The molecule has 0 unspecified atom stereocenters. The zero-order chi connectivity index (χ0) is 12.9. The van der Waals surface area contributed by atoms with E-state index in [-0.39, 0.29) is 0 Å². The van der Waals surface area contributed by atoms with Crippen molar-refractivity contribution in [2.75, 3.05) is 13.1 Å². The molecule has 0 aliphatic rings. The topological polar surface area (TPSA) is 37.4 Å². The molecule has 0 heterocycles. The number of rotatable bonds is 6. The number of nitrogens with zero attached hydrogens (tertiary/aromatic N) is 1. The number of sulfonamides is 1. The lowest BCUT2D eigenvalue weighted by Crippen LogP contribution is -2.31. The number of alkyl halides is 1. The van der Waals surface area contributed by atoms with E-state index in [4.69, 9.17) is 11.6 Å². The summed E-state index contributed by atoms with van der Waals surface area (Å²) in [6.45, 7) is 4.86. The summed E-state index contributed by atoms with van der Waals surface area (Å²) in [4.78, 5) is 0.335. The fraction of sp³-hybridized carbons (Fsp3) is 0.500. The summed E-state index contributed by atoms with van der Waals surface area (Å²) in [6, 6.07) is 6.73. The Kier molecular flexibility index (Phi) is 5.43. The largest absolute Gasteiger partial charge is 0.243 e. The molecule has 0 atom stereocenters. The summed E-state index contributed by atoms with van der Waals surface area (Å²) in [5.74, 6) is 0.396. The quantitative estimate of drug-likeness (QED) is 0.749. The van der Waals surface area contributed by atoms with Crippen molar-refractivity contribution in [3.05, 3.63) is 29.8 Å². The highest BCUT2D eigenvalue weighted by Crippen LogP contribution is 2.17. The Morgan fingerprint density at radius 2 is 1.76 bits per heavy atom. The van der Waals surface area contributed by atoms with Gasteiger partial charge in [-0.05, 0) is 24.1 Å². The molecule has 0 N–H and O–H groups in total. The average molecular weight is 276 g/mol. The van der Waals surface area contributed by atoms with Gasteiger partial charge in [0.25, 0.3) is 0 Å². The summed E-state index contributed by atoms with van der Waals surface area (Å²) >= 11 is 5.67. The molecule has 0 aliphatic carbocycles. The lowest BCUT2D eigenvalue weighted by molar-refractivity contribution is 0.427. The van der Waals surface area contributed by atoms with Crippen molar-refractivity contribution in [1.82, 2.24) is 4.31 Å². The molecule has 0 aromatic heterocycles. The SMILES string of the molecule is CCCN(CC)S(=O)(=O)c1ccc(CCl)cc1. The molecule has 0 fully saturated rings. The first kappa shape index (κ1) is 14.5. The van der Waals surface area contributed by atoms with E-state index in [1.807, 2.05) is 13.8 Å². The average Bonchev–Trinajstić information content (AvgIpc) is 2.35. The maximum absolute atomic E-state index is 12.2. The Balaban J connectivity index is 3.02. The van der Waals surface area contributed by atoms with E-state index in [0.717, 1.165) is 12.0 Å². The minimum absolute atomic E-state index is 0.335. The zero-order valence-corrected chi connectivity index (χ0v) is 11.8. The third-order valence-electron chi connectivity index (χ3n) is 2.54. The minimum atomic E-state index is -3.35. The van der Waals surface area contributed by atoms with Crippen LogP contribution in [0.15, 0.2) is 29.2 Å². The van der Waals surface area contributed by atoms with Crippen molar-refractivity contribution in [1.29, 1.82) is 0 Å². The van der Waals surface area contributed by atoms with Crippen LogP contribution in [-0.4, -0.2) is 25.8 Å². The highest BCUT2D eigenvalue weighted by Gasteiger charge is 2.21. The van der Waals surface area contributed by atoms with Crippen molar-refractivity contribution < 1.29 is 8.42 Å². The first-order chi connectivity index (χ1) is 8.06. The molecule has 0 saturated carbocycles. The minimum Gasteiger partial charge on any atom is -0.207 e. The lowest BCUT2D eigenvalue weighted by Gasteiger charge is -2.19. The van der Waals surface area contributed by atoms with Crippen LogP contribution < -0.4 is 0 Å². The van der Waals surface area contributed by atoms with Gasteiger partial charge in [-0.15, -0.1) is 11.6 Å². The molecule has 3 nitrogen and oxygen atoms in total. The van der Waals surface area contributed by atoms with E-state index in [1.54, 1.807) is 24.3 Å². The van der Waals surface area contributed by atoms with Crippen LogP contribution in [0.5, 0.6) is 0 Å². The summed E-state index contributed by atoms with van der Waals surface area (Å²) in [6.07, 6.45) is 0.812. The van der Waals surface area contributed by atoms with Gasteiger partial charge in [0.15, 0.2) is 0 Å². The molecule has 1 aromatic carbocycles. The second-order valence-corrected chi connectivity index (χ2v) is 5.98. The molecule has 0 saturated heterocycles. The first-order valence-electron chi connectivity index (χ1n) is 5.71. The van der Waals surface area contributed by atoms with Gasteiger partial charge >= 0.3 is 0 Å². The van der Waals surface area contributed by atoms with Gasteiger partial charge in [0.05, 0.1) is 4.90 Å². The number of benzene rings is 1. The lowest BCUT2D eigenvalue weighted by atomic mass is 10.2. The second-order valence-electron chi connectivity index (χ2n) is 3.77. The van der Waals surface area contributed by atoms with Crippen molar-refractivity contribution in [3.8, 4) is 0 Å². The third kappa shape index (κ3) is 3.44. The summed E-state index contributed by atoms with van der Waals surface area (Å²) in [5, 5.41) is 0. The zero-order valence-electron chi connectivity index (χ0n) is 10.2. The molecule has 1 rings (SSSR count).